The lowest BCUT2D eigenvalue weighted by Gasteiger charge is -2.27. The molecule has 5 heteroatoms. The number of rotatable bonds is 8. The van der Waals surface area contributed by atoms with Crippen LogP contribution in [-0.2, 0) is 17.8 Å². The average molecular weight is 409 g/mol. The number of benzene rings is 2. The van der Waals surface area contributed by atoms with E-state index in [1.165, 1.54) is 30.4 Å². The van der Waals surface area contributed by atoms with Gasteiger partial charge in [0.1, 0.15) is 12.4 Å². The Bertz CT molecular complexity index is 827. The molecule has 0 aliphatic carbocycles. The fraction of sp³-hybridized carbons (Fsp3) is 0.480. The van der Waals surface area contributed by atoms with Crippen LogP contribution in [0, 0.1) is 0 Å². The molecule has 2 heterocycles. The molecule has 2 saturated heterocycles. The van der Waals surface area contributed by atoms with Crippen LogP contribution >= 0.6 is 0 Å². The summed E-state index contributed by atoms with van der Waals surface area (Å²) in [6.07, 6.45) is 6.11. The van der Waals surface area contributed by atoms with Crippen molar-refractivity contribution in [1.29, 1.82) is 0 Å². The number of hydrogen-bond donors (Lipinski definition) is 1. The zero-order valence-corrected chi connectivity index (χ0v) is 17.6. The van der Waals surface area contributed by atoms with Crippen LogP contribution in [0.4, 0.5) is 0 Å². The second kappa shape index (κ2) is 10.6. The minimum atomic E-state index is -0.106. The van der Waals surface area contributed by atoms with Crippen LogP contribution in [0.3, 0.4) is 0 Å². The monoisotopic (exact) mass is 408 g/mol. The normalized spacial score (nSPS) is 19.5. The first-order chi connectivity index (χ1) is 14.8. The molecule has 5 nitrogen and oxygen atoms in total. The summed E-state index contributed by atoms with van der Waals surface area (Å²) in [6.45, 7) is 5.08. The molecule has 160 valence electrons. The number of carbonyl (C=O) groups is 1. The Labute approximate surface area is 179 Å². The maximum atomic E-state index is 12.9. The summed E-state index contributed by atoms with van der Waals surface area (Å²) in [4.78, 5) is 15.4. The predicted octanol–water partition coefficient (Wildman–Crippen LogP) is 4.16. The molecular weight excluding hydrogens is 376 g/mol. The van der Waals surface area contributed by atoms with Crippen molar-refractivity contribution in [3.05, 3.63) is 65.2 Å². The van der Waals surface area contributed by atoms with Gasteiger partial charge in [-0.1, -0.05) is 42.8 Å². The van der Waals surface area contributed by atoms with E-state index in [1.807, 2.05) is 30.3 Å². The van der Waals surface area contributed by atoms with E-state index in [9.17, 15) is 4.79 Å². The number of nitrogens with zero attached hydrogens (tertiary/aromatic N) is 1. The zero-order valence-electron chi connectivity index (χ0n) is 17.6. The molecule has 2 aliphatic heterocycles. The Balaban J connectivity index is 1.37. The molecule has 1 amide bonds. The van der Waals surface area contributed by atoms with Gasteiger partial charge in [0.15, 0.2) is 0 Å². The first-order valence-electron chi connectivity index (χ1n) is 11.2. The highest BCUT2D eigenvalue weighted by Gasteiger charge is 2.19. The van der Waals surface area contributed by atoms with Gasteiger partial charge in [0.25, 0.3) is 5.91 Å². The van der Waals surface area contributed by atoms with Gasteiger partial charge in [0.2, 0.25) is 0 Å². The Kier molecular flexibility index (Phi) is 7.38. The number of carbonyl (C=O) groups excluding carboxylic acids is 1. The fourth-order valence-corrected chi connectivity index (χ4v) is 4.25. The Hall–Kier alpha value is -2.37. The molecule has 1 N–H and O–H groups in total. The predicted molar refractivity (Wildman–Crippen MR) is 118 cm³/mol. The average Bonchev–Trinajstić information content (AvgIpc) is 3.31. The lowest BCUT2D eigenvalue weighted by Crippen LogP contribution is -2.30. The van der Waals surface area contributed by atoms with Gasteiger partial charge < -0.3 is 14.8 Å². The summed E-state index contributed by atoms with van der Waals surface area (Å²) >= 11 is 0. The SMILES string of the molecule is O=C(NCc1ccccc1CN1CCCCC1)c1ccccc1OCC1CCCO1. The first-order valence-corrected chi connectivity index (χ1v) is 11.2. The van der Waals surface area contributed by atoms with Crippen molar-refractivity contribution in [2.24, 2.45) is 0 Å². The Morgan fingerprint density at radius 3 is 2.57 bits per heavy atom. The lowest BCUT2D eigenvalue weighted by molar-refractivity contribution is 0.0670. The van der Waals surface area contributed by atoms with E-state index in [4.69, 9.17) is 9.47 Å². The van der Waals surface area contributed by atoms with Crippen LogP contribution in [0.2, 0.25) is 0 Å². The summed E-state index contributed by atoms with van der Waals surface area (Å²) in [5.74, 6) is 0.512. The molecule has 1 atom stereocenters. The van der Waals surface area contributed by atoms with E-state index in [1.54, 1.807) is 0 Å². The van der Waals surface area contributed by atoms with Gasteiger partial charge in [0.05, 0.1) is 11.7 Å². The van der Waals surface area contributed by atoms with Crippen LogP contribution in [0.25, 0.3) is 0 Å². The molecule has 4 rings (SSSR count). The summed E-state index contributed by atoms with van der Waals surface area (Å²) in [5, 5.41) is 3.09. The second-order valence-corrected chi connectivity index (χ2v) is 8.23. The molecule has 0 saturated carbocycles. The Morgan fingerprint density at radius 2 is 1.77 bits per heavy atom. The third-order valence-corrected chi connectivity index (χ3v) is 5.98. The van der Waals surface area contributed by atoms with E-state index in [-0.39, 0.29) is 12.0 Å². The van der Waals surface area contributed by atoms with Crippen molar-refractivity contribution in [3.63, 3.8) is 0 Å². The van der Waals surface area contributed by atoms with Crippen LogP contribution in [-0.4, -0.2) is 43.2 Å². The highest BCUT2D eigenvalue weighted by molar-refractivity contribution is 5.96. The summed E-state index contributed by atoms with van der Waals surface area (Å²) in [5.41, 5.74) is 3.04. The Morgan fingerprint density at radius 1 is 1.00 bits per heavy atom. The van der Waals surface area contributed by atoms with Crippen molar-refractivity contribution in [1.82, 2.24) is 10.2 Å². The third kappa shape index (κ3) is 5.61. The van der Waals surface area contributed by atoms with Crippen LogP contribution < -0.4 is 10.1 Å². The molecule has 30 heavy (non-hydrogen) atoms. The maximum Gasteiger partial charge on any atom is 0.255 e. The molecular formula is C25H32N2O3. The highest BCUT2D eigenvalue weighted by Crippen LogP contribution is 2.21. The van der Waals surface area contributed by atoms with Crippen molar-refractivity contribution >= 4 is 5.91 Å². The molecule has 0 aromatic heterocycles. The van der Waals surface area contributed by atoms with Gasteiger partial charge in [-0.3, -0.25) is 9.69 Å². The largest absolute Gasteiger partial charge is 0.490 e. The quantitative estimate of drug-likeness (QED) is 0.713. The standard InChI is InChI=1S/C25H32N2O3/c28-25(23-12-4-5-13-24(23)30-19-22-11-8-16-29-22)26-17-20-9-2-3-10-21(20)18-27-14-6-1-7-15-27/h2-5,9-10,12-13,22H,1,6-8,11,14-19H2,(H,26,28). The number of para-hydroxylation sites is 1. The van der Waals surface area contributed by atoms with Crippen LogP contribution in [0.5, 0.6) is 5.75 Å². The van der Waals surface area contributed by atoms with E-state index in [0.29, 0.717) is 24.5 Å². The number of ether oxygens (including phenoxy) is 2. The number of piperidine rings is 1. The van der Waals surface area contributed by atoms with Crippen molar-refractivity contribution < 1.29 is 14.3 Å². The second-order valence-electron chi connectivity index (χ2n) is 8.23. The number of likely N-dealkylation sites (tertiary alicyclic amines) is 1. The van der Waals surface area contributed by atoms with Crippen molar-refractivity contribution in [2.75, 3.05) is 26.3 Å². The summed E-state index contributed by atoms with van der Waals surface area (Å²) in [7, 11) is 0. The van der Waals surface area contributed by atoms with Crippen molar-refractivity contribution in [2.45, 2.75) is 51.3 Å². The molecule has 2 aromatic carbocycles. The minimum absolute atomic E-state index is 0.106. The molecule has 2 aliphatic rings. The van der Waals surface area contributed by atoms with Gasteiger partial charge >= 0.3 is 0 Å². The van der Waals surface area contributed by atoms with E-state index in [2.05, 4.69) is 28.4 Å². The molecule has 0 bridgehead atoms. The molecule has 2 aromatic rings. The molecule has 2 fully saturated rings. The highest BCUT2D eigenvalue weighted by atomic mass is 16.5. The van der Waals surface area contributed by atoms with Gasteiger partial charge in [-0.15, -0.1) is 0 Å². The lowest BCUT2D eigenvalue weighted by atomic mass is 10.0. The first kappa shape index (κ1) is 20.9. The summed E-state index contributed by atoms with van der Waals surface area (Å²) < 4.78 is 11.6. The topological polar surface area (TPSA) is 50.8 Å². The maximum absolute atomic E-state index is 12.9. The van der Waals surface area contributed by atoms with Gasteiger partial charge in [0, 0.05) is 19.7 Å². The zero-order chi connectivity index (χ0) is 20.6. The van der Waals surface area contributed by atoms with Crippen LogP contribution in [0.1, 0.15) is 53.6 Å². The smallest absolute Gasteiger partial charge is 0.255 e. The van der Waals surface area contributed by atoms with Crippen molar-refractivity contribution in [3.8, 4) is 5.75 Å². The van der Waals surface area contributed by atoms with E-state index in [0.717, 1.165) is 39.1 Å². The molecule has 0 spiro atoms. The molecule has 0 radical (unpaired) electrons. The van der Waals surface area contributed by atoms with Crippen LogP contribution in [0.15, 0.2) is 48.5 Å². The van der Waals surface area contributed by atoms with E-state index >= 15 is 0 Å². The fourth-order valence-electron chi connectivity index (χ4n) is 4.25. The van der Waals surface area contributed by atoms with E-state index < -0.39 is 0 Å². The van der Waals surface area contributed by atoms with Gasteiger partial charge in [-0.2, -0.15) is 0 Å². The molecule has 1 unspecified atom stereocenters. The number of nitrogens with one attached hydrogen (secondary N) is 1. The summed E-state index contributed by atoms with van der Waals surface area (Å²) in [6, 6.07) is 15.9. The third-order valence-electron chi connectivity index (χ3n) is 5.98. The van der Waals surface area contributed by atoms with Gasteiger partial charge in [-0.05, 0) is 62.0 Å². The number of hydrogen-bond acceptors (Lipinski definition) is 4. The number of amides is 1. The van der Waals surface area contributed by atoms with Gasteiger partial charge in [-0.25, -0.2) is 0 Å². The minimum Gasteiger partial charge on any atom is -0.490 e.